The first kappa shape index (κ1) is 13.4. The molecule has 1 aliphatic carbocycles. The molecule has 0 radical (unpaired) electrons. The van der Waals surface area contributed by atoms with E-state index < -0.39 is 0 Å². The number of hydrogen-bond donors (Lipinski definition) is 1. The van der Waals surface area contributed by atoms with Gasteiger partial charge in [0.15, 0.2) is 0 Å². The monoisotopic (exact) mass is 238 g/mol. The van der Waals surface area contributed by atoms with Crippen LogP contribution >= 0.6 is 0 Å². The second kappa shape index (κ2) is 6.19. The van der Waals surface area contributed by atoms with E-state index in [1.807, 2.05) is 0 Å². The topological polar surface area (TPSA) is 15.3 Å². The lowest BCUT2D eigenvalue weighted by Crippen LogP contribution is -2.44. The van der Waals surface area contributed by atoms with Crippen molar-refractivity contribution in [2.24, 2.45) is 11.8 Å². The zero-order valence-electron chi connectivity index (χ0n) is 11.9. The summed E-state index contributed by atoms with van der Waals surface area (Å²) in [6.45, 7) is 10.9. The molecule has 0 aromatic rings. The van der Waals surface area contributed by atoms with Crippen molar-refractivity contribution in [2.45, 2.75) is 65.0 Å². The number of nitrogens with one attached hydrogen (secondary N) is 1. The van der Waals surface area contributed by atoms with E-state index in [1.165, 1.54) is 51.7 Å². The Kier molecular flexibility index (Phi) is 4.87. The van der Waals surface area contributed by atoms with E-state index in [4.69, 9.17) is 0 Å². The Hall–Kier alpha value is -0.0800. The van der Waals surface area contributed by atoms with Crippen LogP contribution in [0.3, 0.4) is 0 Å². The molecule has 17 heavy (non-hydrogen) atoms. The van der Waals surface area contributed by atoms with Crippen molar-refractivity contribution in [3.05, 3.63) is 0 Å². The largest absolute Gasteiger partial charge is 0.312 e. The van der Waals surface area contributed by atoms with Crippen LogP contribution in [0.4, 0.5) is 0 Å². The molecule has 2 aliphatic rings. The Morgan fingerprint density at radius 1 is 1.12 bits per heavy atom. The lowest BCUT2D eigenvalue weighted by atomic mass is 9.79. The van der Waals surface area contributed by atoms with Crippen LogP contribution in [0.1, 0.15) is 52.9 Å². The zero-order chi connectivity index (χ0) is 12.3. The summed E-state index contributed by atoms with van der Waals surface area (Å²) in [5, 5.41) is 3.84. The van der Waals surface area contributed by atoms with Crippen LogP contribution in [0.25, 0.3) is 0 Å². The maximum atomic E-state index is 3.84. The molecule has 4 atom stereocenters. The molecule has 1 saturated carbocycles. The van der Waals surface area contributed by atoms with Crippen LogP contribution in [-0.4, -0.2) is 36.6 Å². The minimum absolute atomic E-state index is 0.792. The van der Waals surface area contributed by atoms with Crippen LogP contribution in [0.15, 0.2) is 0 Å². The van der Waals surface area contributed by atoms with Gasteiger partial charge in [0, 0.05) is 18.6 Å². The molecule has 4 unspecified atom stereocenters. The van der Waals surface area contributed by atoms with E-state index in [2.05, 4.69) is 31.0 Å². The number of nitrogens with zero attached hydrogens (tertiary/aromatic N) is 1. The molecule has 0 aromatic carbocycles. The van der Waals surface area contributed by atoms with E-state index in [-0.39, 0.29) is 0 Å². The fraction of sp³-hybridized carbons (Fsp3) is 1.00. The minimum Gasteiger partial charge on any atom is -0.312 e. The highest BCUT2D eigenvalue weighted by atomic mass is 15.2. The highest BCUT2D eigenvalue weighted by Gasteiger charge is 2.27. The molecule has 1 saturated heterocycles. The summed E-state index contributed by atoms with van der Waals surface area (Å²) in [6.07, 6.45) is 7.00. The van der Waals surface area contributed by atoms with Crippen molar-refractivity contribution in [3.63, 3.8) is 0 Å². The zero-order valence-corrected chi connectivity index (χ0v) is 11.9. The maximum absolute atomic E-state index is 3.84. The average molecular weight is 238 g/mol. The molecule has 2 heteroatoms. The van der Waals surface area contributed by atoms with E-state index in [0.29, 0.717) is 0 Å². The SMILES string of the molecule is CCN1CCCC1CNC1CCC(C)C(C)C1. The second-order valence-electron chi connectivity index (χ2n) is 6.30. The van der Waals surface area contributed by atoms with Crippen LogP contribution in [0.2, 0.25) is 0 Å². The van der Waals surface area contributed by atoms with E-state index in [9.17, 15) is 0 Å². The second-order valence-corrected chi connectivity index (χ2v) is 6.30. The first-order valence-electron chi connectivity index (χ1n) is 7.68. The Morgan fingerprint density at radius 2 is 1.94 bits per heavy atom. The highest BCUT2D eigenvalue weighted by molar-refractivity contribution is 4.84. The van der Waals surface area contributed by atoms with Gasteiger partial charge in [0.05, 0.1) is 0 Å². The summed E-state index contributed by atoms with van der Waals surface area (Å²) in [6, 6.07) is 1.61. The summed E-state index contributed by atoms with van der Waals surface area (Å²) < 4.78 is 0. The average Bonchev–Trinajstić information content (AvgIpc) is 2.78. The quantitative estimate of drug-likeness (QED) is 0.810. The van der Waals surface area contributed by atoms with Crippen LogP contribution in [0.5, 0.6) is 0 Å². The van der Waals surface area contributed by atoms with Crippen LogP contribution < -0.4 is 5.32 Å². The fourth-order valence-corrected chi connectivity index (χ4v) is 3.58. The summed E-state index contributed by atoms with van der Waals surface area (Å²) >= 11 is 0. The Morgan fingerprint density at radius 3 is 2.65 bits per heavy atom. The Labute approximate surface area is 107 Å². The van der Waals surface area contributed by atoms with Crippen molar-refractivity contribution < 1.29 is 0 Å². The van der Waals surface area contributed by atoms with Gasteiger partial charge in [-0.05, 0) is 57.0 Å². The molecule has 0 amide bonds. The van der Waals surface area contributed by atoms with Crippen molar-refractivity contribution in [2.75, 3.05) is 19.6 Å². The van der Waals surface area contributed by atoms with Gasteiger partial charge in [0.1, 0.15) is 0 Å². The first-order chi connectivity index (χ1) is 8.20. The van der Waals surface area contributed by atoms with Crippen LogP contribution in [0, 0.1) is 11.8 Å². The molecule has 1 heterocycles. The van der Waals surface area contributed by atoms with Gasteiger partial charge in [-0.1, -0.05) is 20.8 Å². The number of likely N-dealkylation sites (tertiary alicyclic amines) is 1. The van der Waals surface area contributed by atoms with Gasteiger partial charge in [-0.3, -0.25) is 4.90 Å². The first-order valence-corrected chi connectivity index (χ1v) is 7.68. The van der Waals surface area contributed by atoms with E-state index in [0.717, 1.165) is 23.9 Å². The highest BCUT2D eigenvalue weighted by Crippen LogP contribution is 2.29. The molecule has 0 bridgehead atoms. The summed E-state index contributed by atoms with van der Waals surface area (Å²) in [4.78, 5) is 2.64. The molecular weight excluding hydrogens is 208 g/mol. The number of likely N-dealkylation sites (N-methyl/N-ethyl adjacent to an activating group) is 1. The van der Waals surface area contributed by atoms with Crippen molar-refractivity contribution >= 4 is 0 Å². The van der Waals surface area contributed by atoms with Crippen molar-refractivity contribution in [1.29, 1.82) is 0 Å². The molecule has 2 nitrogen and oxygen atoms in total. The Balaban J connectivity index is 1.71. The van der Waals surface area contributed by atoms with Crippen molar-refractivity contribution in [3.8, 4) is 0 Å². The molecule has 0 aromatic heterocycles. The number of rotatable bonds is 4. The van der Waals surface area contributed by atoms with Gasteiger partial charge in [-0.15, -0.1) is 0 Å². The molecule has 2 rings (SSSR count). The summed E-state index contributed by atoms with van der Waals surface area (Å²) in [5.41, 5.74) is 0. The van der Waals surface area contributed by atoms with Gasteiger partial charge in [0.2, 0.25) is 0 Å². The lowest BCUT2D eigenvalue weighted by Gasteiger charge is -2.34. The molecule has 100 valence electrons. The third-order valence-electron chi connectivity index (χ3n) is 5.15. The number of hydrogen-bond acceptors (Lipinski definition) is 2. The summed E-state index contributed by atoms with van der Waals surface area (Å²) in [7, 11) is 0. The predicted molar refractivity (Wildman–Crippen MR) is 74.2 cm³/mol. The molecule has 2 fully saturated rings. The predicted octanol–water partition coefficient (Wildman–Crippen LogP) is 2.89. The Bertz CT molecular complexity index is 229. The van der Waals surface area contributed by atoms with Crippen LogP contribution in [-0.2, 0) is 0 Å². The van der Waals surface area contributed by atoms with Crippen molar-refractivity contribution in [1.82, 2.24) is 10.2 Å². The molecule has 0 spiro atoms. The lowest BCUT2D eigenvalue weighted by molar-refractivity contribution is 0.204. The molecule has 1 N–H and O–H groups in total. The smallest absolute Gasteiger partial charge is 0.0221 e. The third kappa shape index (κ3) is 3.45. The van der Waals surface area contributed by atoms with Gasteiger partial charge >= 0.3 is 0 Å². The maximum Gasteiger partial charge on any atom is 0.0221 e. The standard InChI is InChI=1S/C15H30N2/c1-4-17-9-5-6-15(17)11-16-14-8-7-12(2)13(3)10-14/h12-16H,4-11H2,1-3H3. The van der Waals surface area contributed by atoms with E-state index >= 15 is 0 Å². The fourth-order valence-electron chi connectivity index (χ4n) is 3.58. The third-order valence-corrected chi connectivity index (χ3v) is 5.15. The molecular formula is C15H30N2. The van der Waals surface area contributed by atoms with Gasteiger partial charge < -0.3 is 5.32 Å². The van der Waals surface area contributed by atoms with Gasteiger partial charge in [0.25, 0.3) is 0 Å². The van der Waals surface area contributed by atoms with Gasteiger partial charge in [-0.2, -0.15) is 0 Å². The molecule has 1 aliphatic heterocycles. The summed E-state index contributed by atoms with van der Waals surface area (Å²) in [5.74, 6) is 1.85. The minimum atomic E-state index is 0.792. The normalized spacial score (nSPS) is 39.7. The van der Waals surface area contributed by atoms with E-state index in [1.54, 1.807) is 0 Å². The van der Waals surface area contributed by atoms with Gasteiger partial charge in [-0.25, -0.2) is 0 Å².